The number of nitrogens with one attached hydrogen (secondary N) is 1. The van der Waals surface area contributed by atoms with Gasteiger partial charge < -0.3 is 10.4 Å². The zero-order valence-electron chi connectivity index (χ0n) is 7.37. The summed E-state index contributed by atoms with van der Waals surface area (Å²) in [6.45, 7) is -1.60. The van der Waals surface area contributed by atoms with Crippen molar-refractivity contribution in [1.29, 1.82) is 0 Å². The molecular formula is C7H9F2N3O2. The minimum atomic E-state index is -2.71. The Kier molecular flexibility index (Phi) is 3.00. The van der Waals surface area contributed by atoms with Gasteiger partial charge in [-0.1, -0.05) is 0 Å². The molecule has 1 aromatic rings. The number of halogens is 2. The minimum Gasteiger partial charge on any atom is -0.480 e. The molecule has 0 amide bonds. The predicted molar refractivity (Wildman–Crippen MR) is 44.3 cm³/mol. The van der Waals surface area contributed by atoms with Gasteiger partial charge in [-0.2, -0.15) is 13.9 Å². The summed E-state index contributed by atoms with van der Waals surface area (Å²) in [4.78, 5) is 10.2. The van der Waals surface area contributed by atoms with Crippen LogP contribution in [0.3, 0.4) is 0 Å². The fourth-order valence-electron chi connectivity index (χ4n) is 0.938. The molecule has 0 aromatic carbocycles. The Morgan fingerprint density at radius 1 is 1.79 bits per heavy atom. The van der Waals surface area contributed by atoms with Gasteiger partial charge in [0.25, 0.3) is 0 Å². The number of hydrogen-bond acceptors (Lipinski definition) is 3. The number of carbonyl (C=O) groups is 1. The monoisotopic (exact) mass is 205 g/mol. The number of hydrogen-bond donors (Lipinski definition) is 2. The highest BCUT2D eigenvalue weighted by Crippen LogP contribution is 2.15. The average molecular weight is 205 g/mol. The molecule has 1 heterocycles. The van der Waals surface area contributed by atoms with Crippen LogP contribution in [0.5, 0.6) is 0 Å². The number of nitrogens with zero attached hydrogens (tertiary/aromatic N) is 2. The first-order valence-electron chi connectivity index (χ1n) is 3.80. The van der Waals surface area contributed by atoms with Crippen molar-refractivity contribution in [2.75, 3.05) is 11.9 Å². The third-order valence-corrected chi connectivity index (χ3v) is 1.53. The molecule has 0 saturated heterocycles. The molecule has 14 heavy (non-hydrogen) atoms. The fraction of sp³-hybridized carbons (Fsp3) is 0.429. The van der Waals surface area contributed by atoms with Crippen LogP contribution in [-0.2, 0) is 4.79 Å². The number of rotatable bonds is 4. The third kappa shape index (κ3) is 2.41. The van der Waals surface area contributed by atoms with Gasteiger partial charge in [0.15, 0.2) is 0 Å². The van der Waals surface area contributed by atoms with Crippen LogP contribution in [0, 0.1) is 6.92 Å². The highest BCUT2D eigenvalue weighted by Gasteiger charge is 2.12. The summed E-state index contributed by atoms with van der Waals surface area (Å²) in [5.74, 6) is -0.945. The number of aryl methyl sites for hydroxylation is 1. The third-order valence-electron chi connectivity index (χ3n) is 1.53. The number of alkyl halides is 2. The second-order valence-electron chi connectivity index (χ2n) is 2.64. The minimum absolute atomic E-state index is 0.130. The summed E-state index contributed by atoms with van der Waals surface area (Å²) in [5, 5.41) is 14.2. The van der Waals surface area contributed by atoms with Crippen molar-refractivity contribution in [3.8, 4) is 0 Å². The highest BCUT2D eigenvalue weighted by atomic mass is 19.3. The summed E-state index contributed by atoms with van der Waals surface area (Å²) in [6.07, 6.45) is 0. The van der Waals surface area contributed by atoms with Gasteiger partial charge in [0.05, 0.1) is 0 Å². The molecule has 1 rings (SSSR count). The van der Waals surface area contributed by atoms with E-state index in [1.54, 1.807) is 0 Å². The first-order chi connectivity index (χ1) is 6.50. The Morgan fingerprint density at radius 2 is 2.43 bits per heavy atom. The van der Waals surface area contributed by atoms with Crippen molar-refractivity contribution in [2.24, 2.45) is 0 Å². The van der Waals surface area contributed by atoms with Crippen LogP contribution in [0.4, 0.5) is 14.6 Å². The standard InChI is InChI=1S/C7H9F2N3O2/c1-4-2-5(10-3-6(13)14)11-12(4)7(8)9/h2,7H,3H2,1H3,(H,10,11)(H,13,14). The van der Waals surface area contributed by atoms with Crippen LogP contribution in [0.1, 0.15) is 12.2 Å². The average Bonchev–Trinajstić information content (AvgIpc) is 2.43. The second kappa shape index (κ2) is 4.03. The molecule has 78 valence electrons. The predicted octanol–water partition coefficient (Wildman–Crippen LogP) is 1.08. The molecule has 0 bridgehead atoms. The zero-order chi connectivity index (χ0) is 10.7. The highest BCUT2D eigenvalue weighted by molar-refractivity contribution is 5.72. The first-order valence-corrected chi connectivity index (χ1v) is 3.80. The van der Waals surface area contributed by atoms with E-state index in [-0.39, 0.29) is 18.1 Å². The first kappa shape index (κ1) is 10.4. The van der Waals surface area contributed by atoms with Crippen LogP contribution >= 0.6 is 0 Å². The van der Waals surface area contributed by atoms with E-state index >= 15 is 0 Å². The lowest BCUT2D eigenvalue weighted by Gasteiger charge is -2.00. The van der Waals surface area contributed by atoms with Crippen molar-refractivity contribution >= 4 is 11.8 Å². The van der Waals surface area contributed by atoms with Crippen LogP contribution in [0.15, 0.2) is 6.07 Å². The van der Waals surface area contributed by atoms with E-state index in [2.05, 4.69) is 10.4 Å². The topological polar surface area (TPSA) is 67.2 Å². The summed E-state index contributed by atoms with van der Waals surface area (Å²) < 4.78 is 24.9. The second-order valence-corrected chi connectivity index (χ2v) is 2.64. The molecule has 0 aliphatic rings. The lowest BCUT2D eigenvalue weighted by atomic mass is 10.4. The zero-order valence-corrected chi connectivity index (χ0v) is 7.37. The van der Waals surface area contributed by atoms with Gasteiger partial charge in [-0.05, 0) is 6.92 Å². The fourth-order valence-corrected chi connectivity index (χ4v) is 0.938. The molecule has 2 N–H and O–H groups in total. The quantitative estimate of drug-likeness (QED) is 0.771. The Morgan fingerprint density at radius 3 is 2.86 bits per heavy atom. The van der Waals surface area contributed by atoms with E-state index in [4.69, 9.17) is 5.11 Å². The van der Waals surface area contributed by atoms with Crippen LogP contribution < -0.4 is 5.32 Å². The van der Waals surface area contributed by atoms with Crippen molar-refractivity contribution in [3.63, 3.8) is 0 Å². The summed E-state index contributed by atoms with van der Waals surface area (Å²) in [6, 6.07) is 1.36. The number of carboxylic acid groups (broad SMARTS) is 1. The molecule has 0 atom stereocenters. The normalized spacial score (nSPS) is 10.6. The number of aliphatic carboxylic acids is 1. The van der Waals surface area contributed by atoms with E-state index in [9.17, 15) is 13.6 Å². The van der Waals surface area contributed by atoms with Crippen LogP contribution in [0.25, 0.3) is 0 Å². The summed E-state index contributed by atoms with van der Waals surface area (Å²) in [7, 11) is 0. The van der Waals surface area contributed by atoms with E-state index in [0.717, 1.165) is 0 Å². The molecular weight excluding hydrogens is 196 g/mol. The molecule has 7 heteroatoms. The van der Waals surface area contributed by atoms with E-state index in [1.807, 2.05) is 0 Å². The van der Waals surface area contributed by atoms with Gasteiger partial charge in [0.1, 0.15) is 12.4 Å². The van der Waals surface area contributed by atoms with E-state index in [1.165, 1.54) is 13.0 Å². The smallest absolute Gasteiger partial charge is 0.333 e. The maximum absolute atomic E-state index is 12.2. The molecule has 0 unspecified atom stereocenters. The maximum atomic E-state index is 12.2. The largest absolute Gasteiger partial charge is 0.480 e. The van der Waals surface area contributed by atoms with Crippen molar-refractivity contribution in [3.05, 3.63) is 11.8 Å². The van der Waals surface area contributed by atoms with Crippen molar-refractivity contribution in [1.82, 2.24) is 9.78 Å². The molecule has 5 nitrogen and oxygen atoms in total. The molecule has 1 aromatic heterocycles. The lowest BCUT2D eigenvalue weighted by molar-refractivity contribution is -0.134. The Bertz CT molecular complexity index is 338. The van der Waals surface area contributed by atoms with Gasteiger partial charge in [-0.15, -0.1) is 0 Å². The van der Waals surface area contributed by atoms with Crippen molar-refractivity contribution < 1.29 is 18.7 Å². The molecule has 0 fully saturated rings. The van der Waals surface area contributed by atoms with Crippen molar-refractivity contribution in [2.45, 2.75) is 13.5 Å². The van der Waals surface area contributed by atoms with Crippen LogP contribution in [0.2, 0.25) is 0 Å². The van der Waals surface area contributed by atoms with Gasteiger partial charge in [-0.25, -0.2) is 4.68 Å². The van der Waals surface area contributed by atoms with Gasteiger partial charge in [-0.3, -0.25) is 4.79 Å². The SMILES string of the molecule is Cc1cc(NCC(=O)O)nn1C(F)F. The van der Waals surface area contributed by atoms with Gasteiger partial charge in [0.2, 0.25) is 0 Å². The molecule has 0 saturated carbocycles. The van der Waals surface area contributed by atoms with E-state index in [0.29, 0.717) is 4.68 Å². The summed E-state index contributed by atoms with van der Waals surface area (Å²) in [5.41, 5.74) is 0.271. The maximum Gasteiger partial charge on any atom is 0.333 e. The van der Waals surface area contributed by atoms with Crippen LogP contribution in [-0.4, -0.2) is 27.4 Å². The lowest BCUT2D eigenvalue weighted by Crippen LogP contribution is -2.13. The Balaban J connectivity index is 2.71. The molecule has 0 aliphatic heterocycles. The molecule has 0 radical (unpaired) electrons. The Hall–Kier alpha value is -1.66. The van der Waals surface area contributed by atoms with Gasteiger partial charge in [0, 0.05) is 11.8 Å². The molecule has 0 aliphatic carbocycles. The summed E-state index contributed by atoms with van der Waals surface area (Å²) >= 11 is 0. The van der Waals surface area contributed by atoms with Gasteiger partial charge >= 0.3 is 12.5 Å². The number of anilines is 1. The Labute approximate surface area is 78.3 Å². The molecule has 0 spiro atoms. The van der Waals surface area contributed by atoms with E-state index < -0.39 is 12.5 Å². The number of carboxylic acids is 1. The number of aromatic nitrogens is 2.